The Kier molecular flexibility index (Phi) is 5.13. The Labute approximate surface area is 247 Å². The van der Waals surface area contributed by atoms with Gasteiger partial charge < -0.3 is 9.38 Å². The maximum absolute atomic E-state index is 5.19. The van der Waals surface area contributed by atoms with Crippen LogP contribution in [0, 0.1) is 0 Å². The second kappa shape index (κ2) is 9.16. The predicted molar refractivity (Wildman–Crippen MR) is 177 cm³/mol. The highest BCUT2D eigenvalue weighted by Crippen LogP contribution is 2.51. The van der Waals surface area contributed by atoms with E-state index in [9.17, 15) is 0 Å². The average molecular weight is 554 g/mol. The molecule has 9 rings (SSSR count). The molecular weight excluding hydrogens is 531 g/mol. The van der Waals surface area contributed by atoms with Crippen molar-refractivity contribution < 1.29 is 0 Å². The van der Waals surface area contributed by atoms with Crippen LogP contribution >= 0.6 is 11.3 Å². The van der Waals surface area contributed by atoms with E-state index in [0.29, 0.717) is 5.95 Å². The molecule has 0 atom stereocenters. The summed E-state index contributed by atoms with van der Waals surface area (Å²) >= 11 is 1.82. The largest absolute Gasteiger partial charge is 0.350 e. The standard InChI is InChI=1S/C36H23BN4S/c1-3-14-25(15-4-1)37-34-32(27-18-8-11-21-30(27)40(34)26-16-5-2-6-17-26)33-28-19-9-12-22-31(28)42-35(33)41(37)36-38-23-24-13-7-10-20-29(24)39-36/h1-23H. The second-order valence-electron chi connectivity index (χ2n) is 10.6. The zero-order chi connectivity index (χ0) is 27.6. The SMILES string of the molecule is c1ccc(B2c3c(c4ccccc4n3-c3ccccc3)-c3c(sc4ccccc34)N2c2ncc3ccccc3n2)cc1. The van der Waals surface area contributed by atoms with Crippen molar-refractivity contribution in [2.45, 2.75) is 0 Å². The van der Waals surface area contributed by atoms with Crippen LogP contribution in [0.3, 0.4) is 0 Å². The summed E-state index contributed by atoms with van der Waals surface area (Å²) in [5, 5.41) is 4.71. The van der Waals surface area contributed by atoms with Crippen molar-refractivity contribution in [1.29, 1.82) is 0 Å². The minimum absolute atomic E-state index is 0.157. The van der Waals surface area contributed by atoms with E-state index < -0.39 is 0 Å². The number of rotatable bonds is 3. The third-order valence-electron chi connectivity index (χ3n) is 8.30. The number of thiophene rings is 1. The Morgan fingerprint density at radius 2 is 1.31 bits per heavy atom. The van der Waals surface area contributed by atoms with Crippen molar-refractivity contribution in [2.24, 2.45) is 0 Å². The van der Waals surface area contributed by atoms with Gasteiger partial charge in [0.2, 0.25) is 5.95 Å². The van der Waals surface area contributed by atoms with Crippen molar-refractivity contribution >= 4 is 72.1 Å². The van der Waals surface area contributed by atoms with Crippen molar-refractivity contribution in [3.05, 3.63) is 140 Å². The van der Waals surface area contributed by atoms with E-state index in [1.807, 2.05) is 29.7 Å². The van der Waals surface area contributed by atoms with E-state index in [4.69, 9.17) is 9.97 Å². The molecule has 4 heterocycles. The van der Waals surface area contributed by atoms with Gasteiger partial charge in [0.15, 0.2) is 0 Å². The van der Waals surface area contributed by atoms with E-state index in [0.717, 1.165) is 16.6 Å². The molecule has 0 fully saturated rings. The smallest absolute Gasteiger partial charge is 0.336 e. The van der Waals surface area contributed by atoms with Gasteiger partial charge in [-0.15, -0.1) is 11.3 Å². The Hall–Kier alpha value is -5.20. The quantitative estimate of drug-likeness (QED) is 0.210. The zero-order valence-corrected chi connectivity index (χ0v) is 23.4. The molecule has 5 aromatic carbocycles. The summed E-state index contributed by atoms with van der Waals surface area (Å²) in [6.45, 7) is -0.157. The molecule has 0 saturated carbocycles. The first-order valence-electron chi connectivity index (χ1n) is 14.1. The molecule has 196 valence electrons. The molecule has 0 spiro atoms. The third-order valence-corrected chi connectivity index (χ3v) is 9.47. The fourth-order valence-electron chi connectivity index (χ4n) is 6.55. The number of hydrogen-bond donors (Lipinski definition) is 0. The van der Waals surface area contributed by atoms with Gasteiger partial charge in [0.05, 0.1) is 16.0 Å². The van der Waals surface area contributed by atoms with Gasteiger partial charge >= 0.3 is 6.85 Å². The highest BCUT2D eigenvalue weighted by atomic mass is 32.1. The number of hydrogen-bond acceptors (Lipinski definition) is 4. The van der Waals surface area contributed by atoms with Crippen LogP contribution < -0.4 is 15.9 Å². The molecule has 0 amide bonds. The summed E-state index contributed by atoms with van der Waals surface area (Å²) in [5.74, 6) is 0.700. The molecule has 0 bridgehead atoms. The van der Waals surface area contributed by atoms with Crippen LogP contribution in [0.2, 0.25) is 0 Å². The Morgan fingerprint density at radius 1 is 0.619 bits per heavy atom. The Balaban J connectivity index is 1.48. The Bertz CT molecular complexity index is 2270. The van der Waals surface area contributed by atoms with Crippen LogP contribution in [0.5, 0.6) is 0 Å². The van der Waals surface area contributed by atoms with Crippen LogP contribution in [0.25, 0.3) is 48.7 Å². The first-order valence-corrected chi connectivity index (χ1v) is 14.9. The first kappa shape index (κ1) is 23.5. The molecule has 0 saturated heterocycles. The van der Waals surface area contributed by atoms with Gasteiger partial charge in [0.25, 0.3) is 0 Å². The van der Waals surface area contributed by atoms with Gasteiger partial charge in [-0.2, -0.15) is 0 Å². The van der Waals surface area contributed by atoms with E-state index in [-0.39, 0.29) is 6.85 Å². The van der Waals surface area contributed by atoms with Gasteiger partial charge in [-0.25, -0.2) is 9.97 Å². The predicted octanol–water partition coefficient (Wildman–Crippen LogP) is 7.71. The lowest BCUT2D eigenvalue weighted by atomic mass is 9.48. The van der Waals surface area contributed by atoms with Crippen LogP contribution in [0.4, 0.5) is 10.9 Å². The average Bonchev–Trinajstić information content (AvgIpc) is 3.61. The van der Waals surface area contributed by atoms with E-state index in [2.05, 4.69) is 131 Å². The molecular formula is C36H23BN4S. The zero-order valence-electron chi connectivity index (χ0n) is 22.6. The van der Waals surface area contributed by atoms with Crippen molar-refractivity contribution in [2.75, 3.05) is 4.81 Å². The van der Waals surface area contributed by atoms with Gasteiger partial charge in [-0.3, -0.25) is 0 Å². The molecule has 6 heteroatoms. The molecule has 0 N–H and O–H groups in total. The van der Waals surface area contributed by atoms with Gasteiger partial charge in [0, 0.05) is 49.5 Å². The molecule has 3 aromatic heterocycles. The lowest BCUT2D eigenvalue weighted by molar-refractivity contribution is 1.13. The van der Waals surface area contributed by atoms with Crippen LogP contribution in [0.1, 0.15) is 0 Å². The van der Waals surface area contributed by atoms with E-state index >= 15 is 0 Å². The highest BCUT2D eigenvalue weighted by Gasteiger charge is 2.44. The molecule has 1 aliphatic rings. The summed E-state index contributed by atoms with van der Waals surface area (Å²) < 4.78 is 3.70. The van der Waals surface area contributed by atoms with Crippen LogP contribution in [0.15, 0.2) is 140 Å². The molecule has 0 radical (unpaired) electrons. The van der Waals surface area contributed by atoms with Gasteiger partial charge in [-0.1, -0.05) is 103 Å². The van der Waals surface area contributed by atoms with Gasteiger partial charge in [0.1, 0.15) is 0 Å². The monoisotopic (exact) mass is 554 g/mol. The maximum Gasteiger partial charge on any atom is 0.350 e. The van der Waals surface area contributed by atoms with Gasteiger partial charge in [-0.05, 0) is 35.8 Å². The highest BCUT2D eigenvalue weighted by molar-refractivity contribution is 7.25. The molecule has 4 nitrogen and oxygen atoms in total. The molecule has 0 unspecified atom stereocenters. The fourth-order valence-corrected chi connectivity index (χ4v) is 7.78. The lowest BCUT2D eigenvalue weighted by Crippen LogP contribution is -2.59. The normalized spacial score (nSPS) is 12.7. The number of nitrogens with zero attached hydrogens (tertiary/aromatic N) is 4. The fraction of sp³-hybridized carbons (Fsp3) is 0. The number of para-hydroxylation sites is 3. The maximum atomic E-state index is 5.19. The summed E-state index contributed by atoms with van der Waals surface area (Å²) in [7, 11) is 0. The van der Waals surface area contributed by atoms with Crippen LogP contribution in [-0.2, 0) is 0 Å². The van der Waals surface area contributed by atoms with Crippen molar-refractivity contribution in [3.8, 4) is 16.8 Å². The van der Waals surface area contributed by atoms with Crippen LogP contribution in [-0.4, -0.2) is 21.4 Å². The third kappa shape index (κ3) is 3.36. The summed E-state index contributed by atoms with van der Waals surface area (Å²) in [6.07, 6.45) is 1.95. The first-order chi connectivity index (χ1) is 20.9. The Morgan fingerprint density at radius 3 is 2.17 bits per heavy atom. The van der Waals surface area contributed by atoms with Crippen molar-refractivity contribution in [1.82, 2.24) is 14.5 Å². The molecule has 1 aliphatic heterocycles. The minimum atomic E-state index is -0.157. The number of fused-ring (bicyclic) bond motifs is 8. The molecule has 42 heavy (non-hydrogen) atoms. The number of benzene rings is 5. The van der Waals surface area contributed by atoms with E-state index in [1.54, 1.807) is 0 Å². The topological polar surface area (TPSA) is 34.0 Å². The molecule has 0 aliphatic carbocycles. The lowest BCUT2D eigenvalue weighted by Gasteiger charge is -2.35. The summed E-state index contributed by atoms with van der Waals surface area (Å²) in [6, 6.07) is 47.3. The summed E-state index contributed by atoms with van der Waals surface area (Å²) in [4.78, 5) is 12.6. The van der Waals surface area contributed by atoms with Crippen molar-refractivity contribution in [3.63, 3.8) is 0 Å². The molecule has 8 aromatic rings. The van der Waals surface area contributed by atoms with E-state index in [1.165, 1.54) is 48.2 Å². The number of aromatic nitrogens is 3. The minimum Gasteiger partial charge on any atom is -0.336 e. The number of anilines is 2. The second-order valence-corrected chi connectivity index (χ2v) is 11.7. The summed E-state index contributed by atoms with van der Waals surface area (Å²) in [5.41, 5.74) is 8.22.